The van der Waals surface area contributed by atoms with Crippen LogP contribution in [0.25, 0.3) is 10.8 Å². The number of rotatable bonds is 4. The molecule has 0 bridgehead atoms. The van der Waals surface area contributed by atoms with Crippen molar-refractivity contribution in [1.29, 1.82) is 0 Å². The van der Waals surface area contributed by atoms with Crippen LogP contribution in [0.1, 0.15) is 43.2 Å². The fourth-order valence-electron chi connectivity index (χ4n) is 6.03. The van der Waals surface area contributed by atoms with Crippen molar-refractivity contribution in [1.82, 2.24) is 10.2 Å². The van der Waals surface area contributed by atoms with Crippen molar-refractivity contribution in [3.8, 4) is 0 Å². The van der Waals surface area contributed by atoms with Gasteiger partial charge in [0.2, 0.25) is 5.91 Å². The molecule has 0 saturated carbocycles. The van der Waals surface area contributed by atoms with Gasteiger partial charge in [-0.15, -0.1) is 0 Å². The molecule has 2 atom stereocenters. The Morgan fingerprint density at radius 2 is 1.68 bits per heavy atom. The van der Waals surface area contributed by atoms with E-state index in [1.165, 1.54) is 5.56 Å². The first-order chi connectivity index (χ1) is 16.5. The second-order valence-corrected chi connectivity index (χ2v) is 9.86. The zero-order valence-corrected chi connectivity index (χ0v) is 19.9. The van der Waals surface area contributed by atoms with Gasteiger partial charge in [0, 0.05) is 44.6 Å². The van der Waals surface area contributed by atoms with Crippen LogP contribution in [0.2, 0.25) is 0 Å². The molecule has 1 spiro atoms. The molecular formula is C29H32N2O3. The molecule has 5 heteroatoms. The van der Waals surface area contributed by atoms with E-state index in [2.05, 4.69) is 41.7 Å². The molecule has 2 heterocycles. The quantitative estimate of drug-likeness (QED) is 0.624. The number of ether oxygens (including phenoxy) is 1. The van der Waals surface area contributed by atoms with E-state index in [1.807, 2.05) is 48.2 Å². The number of amides is 2. The molecule has 3 aromatic rings. The van der Waals surface area contributed by atoms with E-state index in [1.54, 1.807) is 7.11 Å². The van der Waals surface area contributed by atoms with Crippen LogP contribution < -0.4 is 5.32 Å². The summed E-state index contributed by atoms with van der Waals surface area (Å²) in [6, 6.07) is 24.6. The van der Waals surface area contributed by atoms with Gasteiger partial charge in [0.25, 0.3) is 5.91 Å². The summed E-state index contributed by atoms with van der Waals surface area (Å²) in [5.74, 6) is 0.359. The number of carbonyl (C=O) groups is 2. The number of nitrogens with one attached hydrogen (secondary N) is 1. The van der Waals surface area contributed by atoms with Crippen LogP contribution in [0, 0.1) is 5.41 Å². The molecule has 0 aromatic heterocycles. The van der Waals surface area contributed by atoms with E-state index in [0.29, 0.717) is 26.1 Å². The molecule has 2 aliphatic rings. The molecule has 0 unspecified atom stereocenters. The Bertz CT molecular complexity index is 1190. The SMILES string of the molecule is CO[C@](C)(C(=O)N1CCC2(CC1)CC(=O)NC[C@H]2c1ccccc1)c1cccc2ccccc12. The summed E-state index contributed by atoms with van der Waals surface area (Å²) in [5, 5.41) is 5.19. The second kappa shape index (κ2) is 8.88. The summed E-state index contributed by atoms with van der Waals surface area (Å²) in [7, 11) is 1.61. The van der Waals surface area contributed by atoms with Gasteiger partial charge in [-0.3, -0.25) is 9.59 Å². The van der Waals surface area contributed by atoms with Crippen molar-refractivity contribution < 1.29 is 14.3 Å². The Kier molecular flexibility index (Phi) is 5.90. The Morgan fingerprint density at radius 1 is 1.00 bits per heavy atom. The summed E-state index contributed by atoms with van der Waals surface area (Å²) in [4.78, 5) is 28.3. The largest absolute Gasteiger partial charge is 0.364 e. The van der Waals surface area contributed by atoms with Crippen LogP contribution in [0.3, 0.4) is 0 Å². The molecule has 2 aliphatic heterocycles. The third-order valence-electron chi connectivity index (χ3n) is 8.12. The Hall–Kier alpha value is -3.18. The molecule has 34 heavy (non-hydrogen) atoms. The van der Waals surface area contributed by atoms with Crippen LogP contribution in [0.15, 0.2) is 72.8 Å². The van der Waals surface area contributed by atoms with E-state index in [0.717, 1.165) is 29.2 Å². The standard InChI is InChI=1S/C29H32N2O3/c1-28(34-2,24-14-8-12-21-9-6-7-13-23(21)24)27(33)31-17-15-29(16-18-31)19-26(32)30-20-25(29)22-10-4-3-5-11-22/h3-14,25H,15-20H2,1-2H3,(H,30,32)/t25-,28-/m0/s1. The van der Waals surface area contributed by atoms with Crippen LogP contribution in [0.4, 0.5) is 0 Å². The summed E-state index contributed by atoms with van der Waals surface area (Å²) in [6.45, 7) is 3.78. The van der Waals surface area contributed by atoms with E-state index in [4.69, 9.17) is 4.74 Å². The van der Waals surface area contributed by atoms with Gasteiger partial charge in [-0.1, -0.05) is 72.8 Å². The molecule has 2 fully saturated rings. The molecule has 0 radical (unpaired) electrons. The van der Waals surface area contributed by atoms with Gasteiger partial charge < -0.3 is 15.0 Å². The van der Waals surface area contributed by atoms with Gasteiger partial charge in [-0.25, -0.2) is 0 Å². The summed E-state index contributed by atoms with van der Waals surface area (Å²) < 4.78 is 5.94. The van der Waals surface area contributed by atoms with E-state index >= 15 is 0 Å². The summed E-state index contributed by atoms with van der Waals surface area (Å²) in [5.41, 5.74) is 0.953. The number of fused-ring (bicyclic) bond motifs is 1. The monoisotopic (exact) mass is 456 g/mol. The molecule has 5 nitrogen and oxygen atoms in total. The first kappa shape index (κ1) is 22.6. The lowest BCUT2D eigenvalue weighted by molar-refractivity contribution is -0.157. The van der Waals surface area contributed by atoms with Crippen LogP contribution in [0.5, 0.6) is 0 Å². The highest BCUT2D eigenvalue weighted by atomic mass is 16.5. The maximum absolute atomic E-state index is 13.9. The zero-order valence-electron chi connectivity index (χ0n) is 19.9. The van der Waals surface area contributed by atoms with Crippen molar-refractivity contribution in [2.24, 2.45) is 5.41 Å². The van der Waals surface area contributed by atoms with Crippen LogP contribution in [-0.2, 0) is 19.9 Å². The van der Waals surface area contributed by atoms with Gasteiger partial charge in [0.1, 0.15) is 0 Å². The van der Waals surface area contributed by atoms with Gasteiger partial charge in [0.05, 0.1) is 0 Å². The first-order valence-electron chi connectivity index (χ1n) is 12.1. The molecule has 3 aromatic carbocycles. The van der Waals surface area contributed by atoms with E-state index in [-0.39, 0.29) is 23.1 Å². The molecule has 5 rings (SSSR count). The highest BCUT2D eigenvalue weighted by molar-refractivity contribution is 5.94. The summed E-state index contributed by atoms with van der Waals surface area (Å²) >= 11 is 0. The number of methoxy groups -OCH3 is 1. The van der Waals surface area contributed by atoms with Crippen molar-refractivity contribution in [2.75, 3.05) is 26.7 Å². The normalized spacial score (nSPS) is 21.8. The second-order valence-electron chi connectivity index (χ2n) is 9.86. The molecule has 2 amide bonds. The lowest BCUT2D eigenvalue weighted by atomic mass is 9.62. The third kappa shape index (κ3) is 3.78. The van der Waals surface area contributed by atoms with Crippen LogP contribution >= 0.6 is 0 Å². The van der Waals surface area contributed by atoms with Gasteiger partial charge in [-0.05, 0) is 41.5 Å². The van der Waals surface area contributed by atoms with E-state index < -0.39 is 5.60 Å². The lowest BCUT2D eigenvalue weighted by Gasteiger charge is -2.50. The minimum Gasteiger partial charge on any atom is -0.364 e. The highest BCUT2D eigenvalue weighted by Crippen LogP contribution is 2.49. The maximum Gasteiger partial charge on any atom is 0.259 e. The predicted octanol–water partition coefficient (Wildman–Crippen LogP) is 4.61. The lowest BCUT2D eigenvalue weighted by Crippen LogP contribution is -2.55. The highest BCUT2D eigenvalue weighted by Gasteiger charge is 2.49. The maximum atomic E-state index is 13.9. The molecule has 176 valence electrons. The topological polar surface area (TPSA) is 58.6 Å². The van der Waals surface area contributed by atoms with Crippen LogP contribution in [-0.4, -0.2) is 43.5 Å². The minimum atomic E-state index is -1.08. The average molecular weight is 457 g/mol. The fraction of sp³-hybridized carbons (Fsp3) is 0.379. The number of carbonyl (C=O) groups excluding carboxylic acids is 2. The first-order valence-corrected chi connectivity index (χ1v) is 12.1. The van der Waals surface area contributed by atoms with Gasteiger partial charge in [0.15, 0.2) is 5.60 Å². The fourth-order valence-corrected chi connectivity index (χ4v) is 6.03. The number of nitrogens with zero attached hydrogens (tertiary/aromatic N) is 1. The molecule has 0 aliphatic carbocycles. The van der Waals surface area contributed by atoms with Gasteiger partial charge in [-0.2, -0.15) is 0 Å². The number of hydrogen-bond donors (Lipinski definition) is 1. The third-order valence-corrected chi connectivity index (χ3v) is 8.12. The number of hydrogen-bond acceptors (Lipinski definition) is 3. The van der Waals surface area contributed by atoms with Gasteiger partial charge >= 0.3 is 0 Å². The number of likely N-dealkylation sites (tertiary alicyclic amines) is 1. The van der Waals surface area contributed by atoms with Crippen molar-refractivity contribution >= 4 is 22.6 Å². The van der Waals surface area contributed by atoms with Crippen molar-refractivity contribution in [2.45, 2.75) is 37.7 Å². The minimum absolute atomic E-state index is 0.0160. The van der Waals surface area contributed by atoms with Crippen molar-refractivity contribution in [3.05, 3.63) is 83.9 Å². The smallest absolute Gasteiger partial charge is 0.259 e. The average Bonchev–Trinajstić information content (AvgIpc) is 2.88. The molecular weight excluding hydrogens is 424 g/mol. The Morgan fingerprint density at radius 3 is 2.41 bits per heavy atom. The Balaban J connectivity index is 1.41. The van der Waals surface area contributed by atoms with E-state index in [9.17, 15) is 9.59 Å². The number of benzene rings is 3. The zero-order chi connectivity index (χ0) is 23.8. The summed E-state index contributed by atoms with van der Waals surface area (Å²) in [6.07, 6.45) is 2.13. The molecule has 1 N–H and O–H groups in total. The molecule has 2 saturated heterocycles. The number of piperidine rings is 2. The van der Waals surface area contributed by atoms with Crippen molar-refractivity contribution in [3.63, 3.8) is 0 Å². The Labute approximate surface area is 201 Å². The predicted molar refractivity (Wildman–Crippen MR) is 133 cm³/mol.